The van der Waals surface area contributed by atoms with E-state index in [9.17, 15) is 0 Å². The van der Waals surface area contributed by atoms with Gasteiger partial charge in [-0.3, -0.25) is 0 Å². The molecule has 0 fully saturated rings. The summed E-state index contributed by atoms with van der Waals surface area (Å²) in [5.74, 6) is 0. The summed E-state index contributed by atoms with van der Waals surface area (Å²) in [7, 11) is 0. The van der Waals surface area contributed by atoms with Crippen LogP contribution in [-0.2, 0) is 0 Å². The van der Waals surface area contributed by atoms with Gasteiger partial charge in [0.05, 0.1) is 11.4 Å². The lowest BCUT2D eigenvalue weighted by atomic mass is 9.90. The number of rotatable bonds is 6. The zero-order valence-corrected chi connectivity index (χ0v) is 27.6. The number of benzene rings is 7. The number of aromatic nitrogens is 1. The average molecular weight is 642 g/mol. The first kappa shape index (κ1) is 29.1. The Morgan fingerprint density at radius 2 is 0.857 bits per heavy atom. The van der Waals surface area contributed by atoms with E-state index in [2.05, 4.69) is 188 Å². The van der Waals surface area contributed by atoms with Gasteiger partial charge in [0.15, 0.2) is 0 Å². The highest BCUT2D eigenvalue weighted by atomic mass is 32.1. The van der Waals surface area contributed by atoms with Crippen molar-refractivity contribution in [3.8, 4) is 67.0 Å². The first-order valence-corrected chi connectivity index (χ1v) is 17.4. The molecule has 0 radical (unpaired) electrons. The molecule has 0 bridgehead atoms. The quantitative estimate of drug-likeness (QED) is 0.176. The number of hydrogen-bond donors (Lipinski definition) is 0. The Morgan fingerprint density at radius 1 is 0.286 bits per heavy atom. The van der Waals surface area contributed by atoms with Crippen molar-refractivity contribution in [1.29, 1.82) is 0 Å². The van der Waals surface area contributed by atoms with Crippen molar-refractivity contribution in [3.63, 3.8) is 0 Å². The minimum atomic E-state index is 0.951. The molecular weight excluding hydrogens is 611 g/mol. The molecule has 0 amide bonds. The summed E-state index contributed by atoms with van der Waals surface area (Å²) in [6.45, 7) is 0. The van der Waals surface area contributed by atoms with Gasteiger partial charge in [0.25, 0.3) is 0 Å². The Labute approximate surface area is 290 Å². The summed E-state index contributed by atoms with van der Waals surface area (Å²) in [6, 6.07) is 67.5. The summed E-state index contributed by atoms with van der Waals surface area (Å²) in [4.78, 5) is 5.25. The Bertz CT molecular complexity index is 2530. The van der Waals surface area contributed by atoms with Gasteiger partial charge in [0.1, 0.15) is 0 Å². The summed E-state index contributed by atoms with van der Waals surface area (Å²) >= 11 is 1.86. The summed E-state index contributed by atoms with van der Waals surface area (Å²) in [5, 5.41) is 2.63. The minimum Gasteiger partial charge on any atom is -0.248 e. The van der Waals surface area contributed by atoms with Crippen LogP contribution in [0.2, 0.25) is 0 Å². The molecule has 0 aliphatic rings. The van der Waals surface area contributed by atoms with Crippen molar-refractivity contribution in [2.45, 2.75) is 0 Å². The van der Waals surface area contributed by atoms with Crippen LogP contribution in [0.5, 0.6) is 0 Å². The molecule has 9 rings (SSSR count). The fourth-order valence-corrected chi connectivity index (χ4v) is 7.90. The summed E-state index contributed by atoms with van der Waals surface area (Å²) in [6.07, 6.45) is 0. The van der Waals surface area contributed by atoms with Crippen molar-refractivity contribution >= 4 is 31.5 Å². The maximum Gasteiger partial charge on any atom is 0.0715 e. The second-order valence-electron chi connectivity index (χ2n) is 12.4. The number of pyridine rings is 1. The molecule has 2 heteroatoms. The molecule has 0 atom stereocenters. The van der Waals surface area contributed by atoms with E-state index in [0.29, 0.717) is 0 Å². The predicted molar refractivity (Wildman–Crippen MR) is 210 cm³/mol. The molecule has 49 heavy (non-hydrogen) atoms. The average Bonchev–Trinajstić information content (AvgIpc) is 3.57. The molecule has 9 aromatic rings. The number of thiophene rings is 1. The Hall–Kier alpha value is -6.09. The molecule has 0 unspecified atom stereocenters. The molecule has 0 N–H and O–H groups in total. The number of fused-ring (bicyclic) bond motifs is 3. The zero-order chi connectivity index (χ0) is 32.6. The van der Waals surface area contributed by atoms with Gasteiger partial charge in [0.2, 0.25) is 0 Å². The van der Waals surface area contributed by atoms with Crippen LogP contribution in [-0.4, -0.2) is 4.98 Å². The van der Waals surface area contributed by atoms with Gasteiger partial charge in [-0.05, 0) is 87.0 Å². The third-order valence-electron chi connectivity index (χ3n) is 9.29. The Balaban J connectivity index is 1.21. The molecule has 0 saturated heterocycles. The second-order valence-corrected chi connectivity index (χ2v) is 13.5. The topological polar surface area (TPSA) is 12.9 Å². The van der Waals surface area contributed by atoms with Crippen LogP contribution in [0.4, 0.5) is 0 Å². The molecule has 1 nitrogen and oxygen atoms in total. The fourth-order valence-electron chi connectivity index (χ4n) is 6.82. The van der Waals surface area contributed by atoms with Gasteiger partial charge >= 0.3 is 0 Å². The van der Waals surface area contributed by atoms with Crippen LogP contribution in [0.3, 0.4) is 0 Å². The molecule has 0 saturated carbocycles. The number of nitrogens with zero attached hydrogens (tertiary/aromatic N) is 1. The van der Waals surface area contributed by atoms with E-state index in [1.165, 1.54) is 59.1 Å². The third kappa shape index (κ3) is 5.63. The molecule has 0 aliphatic carbocycles. The van der Waals surface area contributed by atoms with Crippen LogP contribution < -0.4 is 0 Å². The van der Waals surface area contributed by atoms with Crippen LogP contribution >= 0.6 is 11.3 Å². The minimum absolute atomic E-state index is 0.951. The van der Waals surface area contributed by atoms with Gasteiger partial charge in [0, 0.05) is 31.3 Å². The number of hydrogen-bond acceptors (Lipinski definition) is 2. The Morgan fingerprint density at radius 3 is 1.63 bits per heavy atom. The van der Waals surface area contributed by atoms with Gasteiger partial charge in [-0.25, -0.2) is 4.98 Å². The molecule has 0 spiro atoms. The lowest BCUT2D eigenvalue weighted by Crippen LogP contribution is -1.93. The first-order valence-electron chi connectivity index (χ1n) is 16.6. The summed E-state index contributed by atoms with van der Waals surface area (Å²) < 4.78 is 2.65. The highest BCUT2D eigenvalue weighted by Gasteiger charge is 2.15. The van der Waals surface area contributed by atoms with Gasteiger partial charge in [-0.2, -0.15) is 0 Å². The second kappa shape index (κ2) is 12.5. The van der Waals surface area contributed by atoms with E-state index in [1.807, 2.05) is 11.3 Å². The molecule has 0 aliphatic heterocycles. The first-order chi connectivity index (χ1) is 24.3. The van der Waals surface area contributed by atoms with E-state index >= 15 is 0 Å². The van der Waals surface area contributed by atoms with Crippen molar-refractivity contribution < 1.29 is 0 Å². The van der Waals surface area contributed by atoms with Gasteiger partial charge < -0.3 is 0 Å². The maximum atomic E-state index is 5.25. The lowest BCUT2D eigenvalue weighted by molar-refractivity contribution is 1.32. The monoisotopic (exact) mass is 641 g/mol. The van der Waals surface area contributed by atoms with E-state index in [4.69, 9.17) is 4.98 Å². The normalized spacial score (nSPS) is 11.3. The van der Waals surface area contributed by atoms with Crippen LogP contribution in [0.15, 0.2) is 188 Å². The van der Waals surface area contributed by atoms with Crippen LogP contribution in [0, 0.1) is 0 Å². The SMILES string of the molecule is c1ccc(-c2cc(-c3ccccc3)nc(-c3ccc(-c4ccccc4)c(-c4cccc(-c5ccc6sc7ccccc7c6c5)c4)c3)c2)cc1. The van der Waals surface area contributed by atoms with Crippen molar-refractivity contribution in [3.05, 3.63) is 188 Å². The molecule has 230 valence electrons. The highest BCUT2D eigenvalue weighted by Crippen LogP contribution is 2.40. The highest BCUT2D eigenvalue weighted by molar-refractivity contribution is 7.25. The van der Waals surface area contributed by atoms with Gasteiger partial charge in [-0.1, -0.05) is 146 Å². The zero-order valence-electron chi connectivity index (χ0n) is 26.8. The third-order valence-corrected chi connectivity index (χ3v) is 10.4. The summed E-state index contributed by atoms with van der Waals surface area (Å²) in [5.41, 5.74) is 13.6. The molecule has 7 aromatic carbocycles. The van der Waals surface area contributed by atoms with Crippen molar-refractivity contribution in [2.24, 2.45) is 0 Å². The predicted octanol–water partition coefficient (Wildman–Crippen LogP) is 13.5. The standard InChI is InChI=1S/C47H31NS/c1-4-13-32(14-5-1)39-30-44(34-17-8-3-9-18-34)48-45(31-39)38-23-25-40(33-15-6-2-7-16-33)42(29-38)37-20-12-19-35(27-37)36-24-26-47-43(28-36)41-21-10-11-22-46(41)49-47/h1-31H. The van der Waals surface area contributed by atoms with E-state index in [-0.39, 0.29) is 0 Å². The van der Waals surface area contributed by atoms with E-state index < -0.39 is 0 Å². The lowest BCUT2D eigenvalue weighted by Gasteiger charge is -2.15. The largest absolute Gasteiger partial charge is 0.248 e. The maximum absolute atomic E-state index is 5.25. The van der Waals surface area contributed by atoms with Crippen LogP contribution in [0.25, 0.3) is 87.2 Å². The smallest absolute Gasteiger partial charge is 0.0715 e. The fraction of sp³-hybridized carbons (Fsp3) is 0. The molecule has 2 aromatic heterocycles. The Kier molecular flexibility index (Phi) is 7.42. The van der Waals surface area contributed by atoms with Crippen LogP contribution in [0.1, 0.15) is 0 Å². The molecular formula is C47H31NS. The van der Waals surface area contributed by atoms with Gasteiger partial charge in [-0.15, -0.1) is 11.3 Å². The van der Waals surface area contributed by atoms with Crippen molar-refractivity contribution in [2.75, 3.05) is 0 Å². The molecule has 2 heterocycles. The van der Waals surface area contributed by atoms with E-state index in [0.717, 1.165) is 28.1 Å². The van der Waals surface area contributed by atoms with E-state index in [1.54, 1.807) is 0 Å². The van der Waals surface area contributed by atoms with Crippen molar-refractivity contribution in [1.82, 2.24) is 4.98 Å².